The number of nitrogens with two attached hydrogens (primary N) is 1. The van der Waals surface area contributed by atoms with Gasteiger partial charge in [0.15, 0.2) is 0 Å². The van der Waals surface area contributed by atoms with Crippen molar-refractivity contribution in [3.05, 3.63) is 59.7 Å². The van der Waals surface area contributed by atoms with Gasteiger partial charge in [0.1, 0.15) is 12.4 Å². The Hall–Kier alpha value is -2.21. The van der Waals surface area contributed by atoms with Gasteiger partial charge in [0.05, 0.1) is 5.56 Å². The van der Waals surface area contributed by atoms with Gasteiger partial charge < -0.3 is 10.5 Å². The first-order chi connectivity index (χ1) is 10.8. The molecule has 23 heavy (non-hydrogen) atoms. The highest BCUT2D eigenvalue weighted by Crippen LogP contribution is 2.29. The van der Waals surface area contributed by atoms with Crippen molar-refractivity contribution in [3.63, 3.8) is 0 Å². The third kappa shape index (κ3) is 5.49. The molecule has 0 heterocycles. The van der Waals surface area contributed by atoms with Gasteiger partial charge in [-0.2, -0.15) is 13.2 Å². The maximum atomic E-state index is 12.5. The SMILES string of the molecule is CN(CCOc1ccc(N)cc1)Cc1ccc(C(F)(F)F)cc1. The van der Waals surface area contributed by atoms with Gasteiger partial charge in [-0.3, -0.25) is 4.90 Å². The summed E-state index contributed by atoms with van der Waals surface area (Å²) in [5, 5.41) is 0. The largest absolute Gasteiger partial charge is 0.492 e. The van der Waals surface area contributed by atoms with E-state index in [0.29, 0.717) is 25.4 Å². The predicted octanol–water partition coefficient (Wildman–Crippen LogP) is 3.80. The molecule has 2 aromatic rings. The second-order valence-corrected chi connectivity index (χ2v) is 5.35. The van der Waals surface area contributed by atoms with Crippen molar-refractivity contribution in [1.82, 2.24) is 4.90 Å². The lowest BCUT2D eigenvalue weighted by Gasteiger charge is -2.17. The van der Waals surface area contributed by atoms with Gasteiger partial charge in [-0.25, -0.2) is 0 Å². The first-order valence-electron chi connectivity index (χ1n) is 7.17. The highest BCUT2D eigenvalue weighted by molar-refractivity contribution is 5.41. The molecule has 0 aliphatic heterocycles. The Morgan fingerprint density at radius 3 is 2.17 bits per heavy atom. The molecule has 0 unspecified atom stereocenters. The molecular weight excluding hydrogens is 305 g/mol. The molecule has 0 atom stereocenters. The number of likely N-dealkylation sites (N-methyl/N-ethyl adjacent to an activating group) is 1. The average molecular weight is 324 g/mol. The van der Waals surface area contributed by atoms with Crippen LogP contribution in [0.2, 0.25) is 0 Å². The molecule has 0 fully saturated rings. The molecule has 6 heteroatoms. The van der Waals surface area contributed by atoms with Crippen molar-refractivity contribution in [1.29, 1.82) is 0 Å². The Bertz CT molecular complexity index is 609. The van der Waals surface area contributed by atoms with Crippen molar-refractivity contribution >= 4 is 5.69 Å². The second kappa shape index (κ2) is 7.37. The fraction of sp³-hybridized carbons (Fsp3) is 0.294. The zero-order valence-corrected chi connectivity index (χ0v) is 12.8. The summed E-state index contributed by atoms with van der Waals surface area (Å²) >= 11 is 0. The number of anilines is 1. The summed E-state index contributed by atoms with van der Waals surface area (Å²) in [6, 6.07) is 12.3. The molecule has 2 aromatic carbocycles. The van der Waals surface area contributed by atoms with Crippen LogP contribution < -0.4 is 10.5 Å². The third-order valence-corrected chi connectivity index (χ3v) is 3.36. The molecular formula is C17H19F3N2O. The summed E-state index contributed by atoms with van der Waals surface area (Å²) in [4.78, 5) is 1.99. The Morgan fingerprint density at radius 2 is 1.61 bits per heavy atom. The highest BCUT2D eigenvalue weighted by atomic mass is 19.4. The summed E-state index contributed by atoms with van der Waals surface area (Å²) in [6.07, 6.45) is -4.29. The van der Waals surface area contributed by atoms with Crippen molar-refractivity contribution in [3.8, 4) is 5.75 Å². The smallest absolute Gasteiger partial charge is 0.416 e. The summed E-state index contributed by atoms with van der Waals surface area (Å²) in [6.45, 7) is 1.70. The molecule has 3 nitrogen and oxygen atoms in total. The van der Waals surface area contributed by atoms with E-state index in [-0.39, 0.29) is 0 Å². The van der Waals surface area contributed by atoms with E-state index in [2.05, 4.69) is 0 Å². The Morgan fingerprint density at radius 1 is 1.00 bits per heavy atom. The predicted molar refractivity (Wildman–Crippen MR) is 84.1 cm³/mol. The van der Waals surface area contributed by atoms with Crippen LogP contribution in [0.25, 0.3) is 0 Å². The molecule has 0 saturated carbocycles. The van der Waals surface area contributed by atoms with E-state index in [1.165, 1.54) is 12.1 Å². The number of halogens is 3. The number of benzene rings is 2. The van der Waals surface area contributed by atoms with Gasteiger partial charge >= 0.3 is 6.18 Å². The number of hydrogen-bond acceptors (Lipinski definition) is 3. The van der Waals surface area contributed by atoms with Gasteiger partial charge in [-0.05, 0) is 49.0 Å². The lowest BCUT2D eigenvalue weighted by molar-refractivity contribution is -0.137. The van der Waals surface area contributed by atoms with E-state index in [4.69, 9.17) is 10.5 Å². The van der Waals surface area contributed by atoms with Crippen LogP contribution in [0.3, 0.4) is 0 Å². The van der Waals surface area contributed by atoms with E-state index in [9.17, 15) is 13.2 Å². The first kappa shape index (κ1) is 17.1. The molecule has 0 aliphatic carbocycles. The van der Waals surface area contributed by atoms with Crippen LogP contribution in [0, 0.1) is 0 Å². The van der Waals surface area contributed by atoms with Crippen molar-refractivity contribution < 1.29 is 17.9 Å². The molecule has 0 radical (unpaired) electrons. The third-order valence-electron chi connectivity index (χ3n) is 3.36. The van der Waals surface area contributed by atoms with Crippen molar-refractivity contribution in [2.45, 2.75) is 12.7 Å². The van der Waals surface area contributed by atoms with Crippen LogP contribution >= 0.6 is 0 Å². The maximum Gasteiger partial charge on any atom is 0.416 e. The van der Waals surface area contributed by atoms with Gasteiger partial charge in [0.25, 0.3) is 0 Å². The molecule has 0 amide bonds. The van der Waals surface area contributed by atoms with Crippen LogP contribution in [0.4, 0.5) is 18.9 Å². The molecule has 124 valence electrons. The zero-order valence-electron chi connectivity index (χ0n) is 12.8. The van der Waals surface area contributed by atoms with E-state index >= 15 is 0 Å². The van der Waals surface area contributed by atoms with Crippen LogP contribution in [-0.4, -0.2) is 25.1 Å². The van der Waals surface area contributed by atoms with Gasteiger partial charge in [-0.15, -0.1) is 0 Å². The maximum absolute atomic E-state index is 12.5. The minimum Gasteiger partial charge on any atom is -0.492 e. The van der Waals surface area contributed by atoms with E-state index in [1.54, 1.807) is 24.3 Å². The fourth-order valence-electron chi connectivity index (χ4n) is 2.07. The summed E-state index contributed by atoms with van der Waals surface area (Å²) in [5.74, 6) is 0.738. The average Bonchev–Trinajstić information content (AvgIpc) is 2.49. The van der Waals surface area contributed by atoms with Crippen LogP contribution in [0.15, 0.2) is 48.5 Å². The Balaban J connectivity index is 1.78. The minimum absolute atomic E-state index is 0.487. The molecule has 0 bridgehead atoms. The highest BCUT2D eigenvalue weighted by Gasteiger charge is 2.29. The number of nitrogens with zero attached hydrogens (tertiary/aromatic N) is 1. The molecule has 2 N–H and O–H groups in total. The molecule has 2 rings (SSSR count). The van der Waals surface area contributed by atoms with E-state index in [0.717, 1.165) is 23.4 Å². The summed E-state index contributed by atoms with van der Waals surface area (Å²) < 4.78 is 43.1. The first-order valence-corrected chi connectivity index (χ1v) is 7.17. The Labute approximate surface area is 133 Å². The lowest BCUT2D eigenvalue weighted by Crippen LogP contribution is -2.23. The van der Waals surface area contributed by atoms with Gasteiger partial charge in [-0.1, -0.05) is 12.1 Å². The van der Waals surface area contributed by atoms with Crippen LogP contribution in [0.1, 0.15) is 11.1 Å². The minimum atomic E-state index is -4.29. The number of ether oxygens (including phenoxy) is 1. The van der Waals surface area contributed by atoms with Crippen molar-refractivity contribution in [2.75, 3.05) is 25.9 Å². The molecule has 0 spiro atoms. The fourth-order valence-corrected chi connectivity index (χ4v) is 2.07. The van der Waals surface area contributed by atoms with Gasteiger partial charge in [0.2, 0.25) is 0 Å². The Kier molecular flexibility index (Phi) is 5.50. The monoisotopic (exact) mass is 324 g/mol. The number of rotatable bonds is 6. The summed E-state index contributed by atoms with van der Waals surface area (Å²) in [7, 11) is 1.89. The normalized spacial score (nSPS) is 11.7. The standard InChI is InChI=1S/C17H19F3N2O/c1-22(10-11-23-16-8-6-15(21)7-9-16)12-13-2-4-14(5-3-13)17(18,19)20/h2-9H,10-12,21H2,1H3. The van der Waals surface area contributed by atoms with E-state index < -0.39 is 11.7 Å². The van der Waals surface area contributed by atoms with Gasteiger partial charge in [0, 0.05) is 18.8 Å². The van der Waals surface area contributed by atoms with Crippen LogP contribution in [-0.2, 0) is 12.7 Å². The lowest BCUT2D eigenvalue weighted by atomic mass is 10.1. The topological polar surface area (TPSA) is 38.5 Å². The summed E-state index contributed by atoms with van der Waals surface area (Å²) in [5.41, 5.74) is 6.47. The molecule has 0 saturated heterocycles. The molecule has 0 aromatic heterocycles. The molecule has 0 aliphatic rings. The number of nitrogen functional groups attached to an aromatic ring is 1. The van der Waals surface area contributed by atoms with Crippen LogP contribution in [0.5, 0.6) is 5.75 Å². The zero-order chi connectivity index (χ0) is 16.9. The second-order valence-electron chi connectivity index (χ2n) is 5.35. The quantitative estimate of drug-likeness (QED) is 0.822. The van der Waals surface area contributed by atoms with E-state index in [1.807, 2.05) is 11.9 Å². The number of alkyl halides is 3. The number of hydrogen-bond donors (Lipinski definition) is 1. The van der Waals surface area contributed by atoms with Crippen molar-refractivity contribution in [2.24, 2.45) is 0 Å².